The zero-order valence-corrected chi connectivity index (χ0v) is 17.5. The van der Waals surface area contributed by atoms with E-state index in [0.717, 1.165) is 11.5 Å². The topological polar surface area (TPSA) is 95.4 Å². The van der Waals surface area contributed by atoms with Gasteiger partial charge in [0.1, 0.15) is 5.82 Å². The number of anilines is 1. The summed E-state index contributed by atoms with van der Waals surface area (Å²) in [5.41, 5.74) is 0.831. The van der Waals surface area contributed by atoms with Crippen LogP contribution in [-0.4, -0.2) is 101 Å². The Kier molecular flexibility index (Phi) is 15.0. The summed E-state index contributed by atoms with van der Waals surface area (Å²) < 4.78 is 26.8. The molecular formula is C18H32ClN3O6. The summed E-state index contributed by atoms with van der Waals surface area (Å²) in [6.45, 7) is 7.58. The number of ether oxygens (including phenoxy) is 5. The highest BCUT2D eigenvalue weighted by atomic mass is 35.5. The van der Waals surface area contributed by atoms with Gasteiger partial charge in [0.2, 0.25) is 5.28 Å². The van der Waals surface area contributed by atoms with E-state index in [1.54, 1.807) is 0 Å². The minimum absolute atomic E-state index is 0.0311. The lowest BCUT2D eigenvalue weighted by atomic mass is 10.4. The van der Waals surface area contributed by atoms with Crippen LogP contribution in [0.15, 0.2) is 6.07 Å². The molecule has 1 rings (SSSR count). The molecule has 0 aromatic carbocycles. The first-order chi connectivity index (χ1) is 13.6. The Morgan fingerprint density at radius 2 is 1.29 bits per heavy atom. The van der Waals surface area contributed by atoms with Crippen LogP contribution < -0.4 is 4.90 Å². The van der Waals surface area contributed by atoms with Gasteiger partial charge in [-0.3, -0.25) is 0 Å². The predicted molar refractivity (Wildman–Crippen MR) is 106 cm³/mol. The quantitative estimate of drug-likeness (QED) is 0.274. The lowest BCUT2D eigenvalue weighted by Crippen LogP contribution is -2.24. The van der Waals surface area contributed by atoms with Gasteiger partial charge < -0.3 is 33.7 Å². The van der Waals surface area contributed by atoms with E-state index in [-0.39, 0.29) is 11.9 Å². The Labute approximate surface area is 171 Å². The number of rotatable bonds is 18. The van der Waals surface area contributed by atoms with Gasteiger partial charge in [-0.1, -0.05) is 0 Å². The Balaban J connectivity index is 1.85. The van der Waals surface area contributed by atoms with Gasteiger partial charge in [-0.25, -0.2) is 9.97 Å². The number of halogens is 1. The zero-order valence-electron chi connectivity index (χ0n) is 16.8. The molecule has 0 fully saturated rings. The number of likely N-dealkylation sites (N-methyl/N-ethyl adjacent to an activating group) is 1. The minimum atomic E-state index is 0.0311. The molecule has 1 aromatic heterocycles. The van der Waals surface area contributed by atoms with Crippen molar-refractivity contribution in [1.82, 2.24) is 9.97 Å². The Hall–Kier alpha value is -1.07. The van der Waals surface area contributed by atoms with Crippen LogP contribution in [0.2, 0.25) is 5.28 Å². The van der Waals surface area contributed by atoms with Gasteiger partial charge >= 0.3 is 0 Å². The van der Waals surface area contributed by atoms with Crippen molar-refractivity contribution in [2.75, 3.05) is 91.2 Å². The molecule has 1 heterocycles. The van der Waals surface area contributed by atoms with E-state index < -0.39 is 0 Å². The number of nitrogens with zero attached hydrogens (tertiary/aromatic N) is 3. The minimum Gasteiger partial charge on any atom is -0.394 e. The van der Waals surface area contributed by atoms with E-state index in [1.165, 1.54) is 0 Å². The molecule has 1 N–H and O–H groups in total. The number of hydrogen-bond acceptors (Lipinski definition) is 9. The van der Waals surface area contributed by atoms with Gasteiger partial charge in [0, 0.05) is 25.4 Å². The van der Waals surface area contributed by atoms with Gasteiger partial charge in [0.15, 0.2) is 0 Å². The highest BCUT2D eigenvalue weighted by Crippen LogP contribution is 2.13. The van der Waals surface area contributed by atoms with E-state index in [1.807, 2.05) is 24.9 Å². The highest BCUT2D eigenvalue weighted by Gasteiger charge is 2.05. The molecule has 28 heavy (non-hydrogen) atoms. The summed E-state index contributed by atoms with van der Waals surface area (Å²) in [7, 11) is 1.93. The van der Waals surface area contributed by atoms with Crippen LogP contribution in [0, 0.1) is 6.92 Å². The maximum atomic E-state index is 8.54. The number of aryl methyl sites for hydroxylation is 1. The van der Waals surface area contributed by atoms with Gasteiger partial charge in [-0.2, -0.15) is 0 Å². The molecule has 1 aromatic rings. The molecule has 0 amide bonds. The van der Waals surface area contributed by atoms with Crippen molar-refractivity contribution in [1.29, 1.82) is 0 Å². The van der Waals surface area contributed by atoms with Gasteiger partial charge in [-0.05, 0) is 18.5 Å². The molecule has 10 heteroatoms. The molecular weight excluding hydrogens is 390 g/mol. The predicted octanol–water partition coefficient (Wildman–Crippen LogP) is 0.950. The monoisotopic (exact) mass is 421 g/mol. The van der Waals surface area contributed by atoms with E-state index in [4.69, 9.17) is 40.4 Å². The van der Waals surface area contributed by atoms with Crippen molar-refractivity contribution < 1.29 is 28.8 Å². The molecule has 0 aliphatic heterocycles. The van der Waals surface area contributed by atoms with Gasteiger partial charge in [0.05, 0.1) is 72.7 Å². The standard InChI is InChI=1S/C18H32ClN3O6/c1-16-15-17(21-18(19)20-16)22(2)3-5-24-7-9-26-11-13-28-14-12-27-10-8-25-6-4-23/h15,23H,3-14H2,1-2H3. The van der Waals surface area contributed by atoms with E-state index in [9.17, 15) is 0 Å². The van der Waals surface area contributed by atoms with Crippen molar-refractivity contribution in [3.8, 4) is 0 Å². The Bertz CT molecular complexity index is 492. The number of hydrogen-bond donors (Lipinski definition) is 1. The number of aromatic nitrogens is 2. The largest absolute Gasteiger partial charge is 0.394 e. The fourth-order valence-electron chi connectivity index (χ4n) is 2.07. The first kappa shape index (κ1) is 25.0. The fraction of sp³-hybridized carbons (Fsp3) is 0.778. The summed E-state index contributed by atoms with van der Waals surface area (Å²) in [5.74, 6) is 0.774. The van der Waals surface area contributed by atoms with Crippen LogP contribution in [-0.2, 0) is 23.7 Å². The number of aliphatic hydroxyl groups is 1. The molecule has 0 aliphatic rings. The molecule has 0 bridgehead atoms. The molecule has 0 atom stereocenters. The molecule has 0 saturated heterocycles. The SMILES string of the molecule is Cc1cc(N(C)CCOCCOCCOCCOCCOCCO)nc(Cl)n1. The normalized spacial score (nSPS) is 11.1. The third-order valence-electron chi connectivity index (χ3n) is 3.50. The molecule has 0 saturated carbocycles. The van der Waals surface area contributed by atoms with Crippen LogP contribution in [0.5, 0.6) is 0 Å². The van der Waals surface area contributed by atoms with E-state index >= 15 is 0 Å². The summed E-state index contributed by atoms with van der Waals surface area (Å²) >= 11 is 5.87. The lowest BCUT2D eigenvalue weighted by molar-refractivity contribution is -0.0128. The summed E-state index contributed by atoms with van der Waals surface area (Å²) in [4.78, 5) is 10.2. The fourth-order valence-corrected chi connectivity index (χ4v) is 2.29. The Morgan fingerprint density at radius 1 is 0.821 bits per heavy atom. The van der Waals surface area contributed by atoms with Crippen molar-refractivity contribution in [2.24, 2.45) is 0 Å². The maximum Gasteiger partial charge on any atom is 0.224 e. The summed E-state index contributed by atoms with van der Waals surface area (Å²) in [5, 5.41) is 8.78. The average molecular weight is 422 g/mol. The Morgan fingerprint density at radius 3 is 1.75 bits per heavy atom. The molecule has 0 unspecified atom stereocenters. The third kappa shape index (κ3) is 13.2. The van der Waals surface area contributed by atoms with Crippen molar-refractivity contribution in [3.05, 3.63) is 17.0 Å². The van der Waals surface area contributed by atoms with Crippen molar-refractivity contribution in [3.63, 3.8) is 0 Å². The molecule has 0 aliphatic carbocycles. The second-order valence-electron chi connectivity index (χ2n) is 5.84. The van der Waals surface area contributed by atoms with E-state index in [0.29, 0.717) is 72.6 Å². The van der Waals surface area contributed by atoms with Crippen molar-refractivity contribution >= 4 is 17.4 Å². The first-order valence-corrected chi connectivity index (χ1v) is 9.73. The first-order valence-electron chi connectivity index (χ1n) is 9.35. The van der Waals surface area contributed by atoms with Crippen LogP contribution in [0.1, 0.15) is 5.69 Å². The summed E-state index contributed by atoms with van der Waals surface area (Å²) in [6.07, 6.45) is 0. The van der Waals surface area contributed by atoms with Crippen molar-refractivity contribution in [2.45, 2.75) is 6.92 Å². The van der Waals surface area contributed by atoms with Crippen LogP contribution in [0.4, 0.5) is 5.82 Å². The van der Waals surface area contributed by atoms with E-state index in [2.05, 4.69) is 9.97 Å². The van der Waals surface area contributed by atoms with Gasteiger partial charge in [-0.15, -0.1) is 0 Å². The molecule has 0 radical (unpaired) electrons. The smallest absolute Gasteiger partial charge is 0.224 e. The third-order valence-corrected chi connectivity index (χ3v) is 3.67. The molecule has 162 valence electrons. The lowest BCUT2D eigenvalue weighted by Gasteiger charge is -2.18. The number of aliphatic hydroxyl groups excluding tert-OH is 1. The van der Waals surface area contributed by atoms with Crippen LogP contribution in [0.25, 0.3) is 0 Å². The maximum absolute atomic E-state index is 8.54. The molecule has 0 spiro atoms. The zero-order chi connectivity index (χ0) is 20.5. The average Bonchev–Trinajstić information content (AvgIpc) is 2.66. The second-order valence-corrected chi connectivity index (χ2v) is 6.18. The molecule has 9 nitrogen and oxygen atoms in total. The summed E-state index contributed by atoms with van der Waals surface area (Å²) in [6, 6.07) is 1.88. The second kappa shape index (κ2) is 16.8. The van der Waals surface area contributed by atoms with Gasteiger partial charge in [0.25, 0.3) is 0 Å². The van der Waals surface area contributed by atoms with Crippen LogP contribution >= 0.6 is 11.6 Å². The highest BCUT2D eigenvalue weighted by molar-refractivity contribution is 6.28. The van der Waals surface area contributed by atoms with Crippen LogP contribution in [0.3, 0.4) is 0 Å².